The normalized spacial score (nSPS) is 11.9. The molecule has 6 nitrogen and oxygen atoms in total. The van der Waals surface area contributed by atoms with E-state index in [1.807, 2.05) is 60.7 Å². The molecule has 0 atom stereocenters. The van der Waals surface area contributed by atoms with Gasteiger partial charge in [-0.2, -0.15) is 0 Å². The van der Waals surface area contributed by atoms with Crippen molar-refractivity contribution >= 4 is 17.4 Å². The number of fused-ring (bicyclic) bond motifs is 1. The second-order valence-corrected chi connectivity index (χ2v) is 6.51. The van der Waals surface area contributed by atoms with Crippen molar-refractivity contribution in [2.45, 2.75) is 19.4 Å². The first-order chi connectivity index (χ1) is 13.8. The van der Waals surface area contributed by atoms with Gasteiger partial charge in [-0.15, -0.1) is 0 Å². The van der Waals surface area contributed by atoms with Crippen molar-refractivity contribution in [3.63, 3.8) is 0 Å². The standard InChI is InChI=1S/C22H21N3O3/c26-22(11-7-16-4-2-1-3-5-16)25-18-8-10-21(24-14-18)23-13-17-6-9-19-20(12-17)28-15-27-19/h1-6,8-10,12,14H,7,11,13,15H2,(H,23,24)(H,25,26). The second-order valence-electron chi connectivity index (χ2n) is 6.51. The molecule has 2 aromatic carbocycles. The summed E-state index contributed by atoms with van der Waals surface area (Å²) in [4.78, 5) is 16.5. The predicted molar refractivity (Wildman–Crippen MR) is 108 cm³/mol. The lowest BCUT2D eigenvalue weighted by atomic mass is 10.1. The van der Waals surface area contributed by atoms with E-state index in [4.69, 9.17) is 9.47 Å². The highest BCUT2D eigenvalue weighted by Gasteiger charge is 2.13. The predicted octanol–water partition coefficient (Wildman–Crippen LogP) is 3.99. The SMILES string of the molecule is O=C(CCc1ccccc1)Nc1ccc(NCc2ccc3c(c2)OCO3)nc1. The van der Waals surface area contributed by atoms with Crippen LogP contribution in [0.25, 0.3) is 0 Å². The van der Waals surface area contributed by atoms with Gasteiger partial charge in [0.1, 0.15) is 5.82 Å². The van der Waals surface area contributed by atoms with Crippen molar-refractivity contribution < 1.29 is 14.3 Å². The van der Waals surface area contributed by atoms with Crippen molar-refractivity contribution in [1.82, 2.24) is 4.98 Å². The summed E-state index contributed by atoms with van der Waals surface area (Å²) in [6.07, 6.45) is 2.81. The van der Waals surface area contributed by atoms with E-state index in [0.717, 1.165) is 34.9 Å². The molecule has 0 saturated heterocycles. The van der Waals surface area contributed by atoms with Crippen LogP contribution in [0.5, 0.6) is 11.5 Å². The summed E-state index contributed by atoms with van der Waals surface area (Å²) in [5.74, 6) is 2.25. The Bertz CT molecular complexity index is 943. The minimum Gasteiger partial charge on any atom is -0.454 e. The second kappa shape index (κ2) is 8.43. The zero-order valence-corrected chi connectivity index (χ0v) is 15.4. The van der Waals surface area contributed by atoms with E-state index in [1.54, 1.807) is 6.20 Å². The third-order valence-corrected chi connectivity index (χ3v) is 4.44. The van der Waals surface area contributed by atoms with Crippen LogP contribution in [0.15, 0.2) is 66.9 Å². The molecule has 1 amide bonds. The molecule has 0 saturated carbocycles. The minimum atomic E-state index is -0.0216. The van der Waals surface area contributed by atoms with Crippen molar-refractivity contribution in [3.05, 3.63) is 78.0 Å². The third kappa shape index (κ3) is 4.59. The molecule has 1 aliphatic heterocycles. The van der Waals surface area contributed by atoms with Crippen LogP contribution in [0.3, 0.4) is 0 Å². The monoisotopic (exact) mass is 375 g/mol. The van der Waals surface area contributed by atoms with Crippen LogP contribution in [0, 0.1) is 0 Å². The molecule has 2 N–H and O–H groups in total. The number of nitrogens with zero attached hydrogens (tertiary/aromatic N) is 1. The van der Waals surface area contributed by atoms with Crippen LogP contribution in [-0.4, -0.2) is 17.7 Å². The van der Waals surface area contributed by atoms with E-state index in [-0.39, 0.29) is 12.7 Å². The number of amides is 1. The van der Waals surface area contributed by atoms with Crippen molar-refractivity contribution in [1.29, 1.82) is 0 Å². The van der Waals surface area contributed by atoms with E-state index >= 15 is 0 Å². The van der Waals surface area contributed by atoms with Crippen LogP contribution in [0.1, 0.15) is 17.5 Å². The van der Waals surface area contributed by atoms with Gasteiger partial charge < -0.3 is 20.1 Å². The maximum absolute atomic E-state index is 12.1. The Labute approximate surface area is 163 Å². The van der Waals surface area contributed by atoms with Crippen molar-refractivity contribution in [2.24, 2.45) is 0 Å². The molecule has 0 aliphatic carbocycles. The van der Waals surface area contributed by atoms with Crippen LogP contribution in [-0.2, 0) is 17.8 Å². The zero-order valence-electron chi connectivity index (χ0n) is 15.4. The number of aryl methyl sites for hydroxylation is 1. The van der Waals surface area contributed by atoms with Gasteiger partial charge in [-0.3, -0.25) is 4.79 Å². The molecule has 28 heavy (non-hydrogen) atoms. The van der Waals surface area contributed by atoms with Crippen molar-refractivity contribution in [3.8, 4) is 11.5 Å². The number of benzene rings is 2. The van der Waals surface area contributed by atoms with Gasteiger partial charge in [0, 0.05) is 13.0 Å². The number of carbonyl (C=O) groups excluding carboxylic acids is 1. The maximum Gasteiger partial charge on any atom is 0.231 e. The number of rotatable bonds is 7. The van der Waals surface area contributed by atoms with Gasteiger partial charge in [-0.25, -0.2) is 4.98 Å². The molecule has 0 fully saturated rings. The summed E-state index contributed by atoms with van der Waals surface area (Å²) in [5.41, 5.74) is 2.91. The molecule has 0 bridgehead atoms. The number of hydrogen-bond donors (Lipinski definition) is 2. The molecular formula is C22H21N3O3. The average molecular weight is 375 g/mol. The Morgan fingerprint density at radius 1 is 0.964 bits per heavy atom. The summed E-state index contributed by atoms with van der Waals surface area (Å²) < 4.78 is 10.7. The number of anilines is 2. The van der Waals surface area contributed by atoms with Gasteiger partial charge in [0.15, 0.2) is 11.5 Å². The number of hydrogen-bond acceptors (Lipinski definition) is 5. The fraction of sp³-hybridized carbons (Fsp3) is 0.182. The lowest BCUT2D eigenvalue weighted by Crippen LogP contribution is -2.12. The van der Waals surface area contributed by atoms with Crippen LogP contribution >= 0.6 is 0 Å². The number of nitrogens with one attached hydrogen (secondary N) is 2. The highest BCUT2D eigenvalue weighted by Crippen LogP contribution is 2.32. The quantitative estimate of drug-likeness (QED) is 0.653. The molecule has 142 valence electrons. The van der Waals surface area contributed by atoms with E-state index in [2.05, 4.69) is 15.6 Å². The third-order valence-electron chi connectivity index (χ3n) is 4.44. The fourth-order valence-electron chi connectivity index (χ4n) is 2.94. The molecular weight excluding hydrogens is 354 g/mol. The van der Waals surface area contributed by atoms with Crippen LogP contribution in [0.2, 0.25) is 0 Å². The Balaban J connectivity index is 1.26. The Morgan fingerprint density at radius 2 is 1.82 bits per heavy atom. The van der Waals surface area contributed by atoms with Crippen LogP contribution < -0.4 is 20.1 Å². The Hall–Kier alpha value is -3.54. The fourth-order valence-corrected chi connectivity index (χ4v) is 2.94. The molecule has 1 aromatic heterocycles. The number of carbonyl (C=O) groups is 1. The van der Waals surface area contributed by atoms with Gasteiger partial charge in [0.2, 0.25) is 12.7 Å². The topological polar surface area (TPSA) is 72.5 Å². The van der Waals surface area contributed by atoms with Gasteiger partial charge in [-0.1, -0.05) is 36.4 Å². The first-order valence-corrected chi connectivity index (χ1v) is 9.18. The lowest BCUT2D eigenvalue weighted by molar-refractivity contribution is -0.116. The lowest BCUT2D eigenvalue weighted by Gasteiger charge is -2.08. The maximum atomic E-state index is 12.1. The van der Waals surface area contributed by atoms with Crippen molar-refractivity contribution in [2.75, 3.05) is 17.4 Å². The summed E-state index contributed by atoms with van der Waals surface area (Å²) in [5, 5.41) is 6.14. The number of ether oxygens (including phenoxy) is 2. The Morgan fingerprint density at radius 3 is 2.64 bits per heavy atom. The summed E-state index contributed by atoms with van der Waals surface area (Å²) in [6.45, 7) is 0.888. The molecule has 6 heteroatoms. The first-order valence-electron chi connectivity index (χ1n) is 9.18. The van der Waals surface area contributed by atoms with Gasteiger partial charge in [-0.05, 0) is 41.8 Å². The largest absolute Gasteiger partial charge is 0.454 e. The molecule has 3 aromatic rings. The van der Waals surface area contributed by atoms with Gasteiger partial charge in [0.05, 0.1) is 11.9 Å². The highest BCUT2D eigenvalue weighted by atomic mass is 16.7. The summed E-state index contributed by atoms with van der Waals surface area (Å²) >= 11 is 0. The van der Waals surface area contributed by atoms with Gasteiger partial charge >= 0.3 is 0 Å². The number of pyridine rings is 1. The highest BCUT2D eigenvalue weighted by molar-refractivity contribution is 5.90. The van der Waals surface area contributed by atoms with Gasteiger partial charge in [0.25, 0.3) is 0 Å². The molecule has 4 rings (SSSR count). The Kier molecular flexibility index (Phi) is 5.38. The van der Waals surface area contributed by atoms with E-state index in [0.29, 0.717) is 18.7 Å². The van der Waals surface area contributed by atoms with E-state index in [1.165, 1.54) is 0 Å². The zero-order chi connectivity index (χ0) is 19.2. The average Bonchev–Trinajstić information content (AvgIpc) is 3.20. The first kappa shape index (κ1) is 17.9. The van der Waals surface area contributed by atoms with Crippen LogP contribution in [0.4, 0.5) is 11.5 Å². The van der Waals surface area contributed by atoms with E-state index in [9.17, 15) is 4.79 Å². The van der Waals surface area contributed by atoms with E-state index < -0.39 is 0 Å². The minimum absolute atomic E-state index is 0.0216. The molecule has 0 unspecified atom stereocenters. The molecule has 0 radical (unpaired) electrons. The molecule has 0 spiro atoms. The molecule has 1 aliphatic rings. The number of aromatic nitrogens is 1. The summed E-state index contributed by atoms with van der Waals surface area (Å²) in [6, 6.07) is 19.5. The molecule has 2 heterocycles. The smallest absolute Gasteiger partial charge is 0.231 e. The summed E-state index contributed by atoms with van der Waals surface area (Å²) in [7, 11) is 0.